The number of hydrogen-bond donors (Lipinski definition) is 2. The molecular formula is C18H32IN7. The topological polar surface area (TPSA) is 70.4 Å². The lowest BCUT2D eigenvalue weighted by atomic mass is 9.99. The molecule has 146 valence electrons. The van der Waals surface area contributed by atoms with Gasteiger partial charge in [-0.2, -0.15) is 0 Å². The van der Waals surface area contributed by atoms with Crippen molar-refractivity contribution in [2.24, 2.45) is 10.9 Å². The summed E-state index contributed by atoms with van der Waals surface area (Å²) >= 11 is 0. The number of likely N-dealkylation sites (tertiary alicyclic amines) is 1. The van der Waals surface area contributed by atoms with E-state index in [1.807, 2.05) is 6.92 Å². The molecule has 0 radical (unpaired) electrons. The van der Waals surface area contributed by atoms with Gasteiger partial charge in [-0.25, -0.2) is 0 Å². The number of aromatic nitrogens is 3. The average molecular weight is 473 g/mol. The van der Waals surface area contributed by atoms with Crippen LogP contribution in [0.3, 0.4) is 0 Å². The molecule has 1 aromatic rings. The molecular weight excluding hydrogens is 441 g/mol. The maximum atomic E-state index is 4.89. The van der Waals surface area contributed by atoms with E-state index in [1.165, 1.54) is 32.4 Å². The van der Waals surface area contributed by atoms with Gasteiger partial charge in [-0.1, -0.05) is 0 Å². The summed E-state index contributed by atoms with van der Waals surface area (Å²) in [4.78, 5) is 7.53. The fourth-order valence-corrected chi connectivity index (χ4v) is 4.09. The molecule has 7 nitrogen and oxygen atoms in total. The number of aliphatic imine (C=N–C) groups is 1. The second-order valence-electron chi connectivity index (χ2n) is 7.75. The van der Waals surface area contributed by atoms with Gasteiger partial charge >= 0.3 is 0 Å². The predicted molar refractivity (Wildman–Crippen MR) is 114 cm³/mol. The van der Waals surface area contributed by atoms with Crippen molar-refractivity contribution in [3.63, 3.8) is 0 Å². The summed E-state index contributed by atoms with van der Waals surface area (Å²) in [7, 11) is 0. The first-order valence-electron chi connectivity index (χ1n) is 9.90. The van der Waals surface area contributed by atoms with Crippen molar-refractivity contribution in [1.29, 1.82) is 0 Å². The van der Waals surface area contributed by atoms with Crippen molar-refractivity contribution in [3.8, 4) is 0 Å². The van der Waals surface area contributed by atoms with Gasteiger partial charge in [0.25, 0.3) is 0 Å². The van der Waals surface area contributed by atoms with E-state index < -0.39 is 0 Å². The summed E-state index contributed by atoms with van der Waals surface area (Å²) in [6, 6.07) is 1.41. The predicted octanol–water partition coefficient (Wildman–Crippen LogP) is 1.56. The molecule has 2 unspecified atom stereocenters. The molecule has 8 heteroatoms. The van der Waals surface area contributed by atoms with E-state index in [1.54, 1.807) is 0 Å². The standard InChI is InChI=1S/C18H31N7.HI/c1-3-19-18(21-15-8-9-24(12-15)16-5-6-16)20-10-14-4-7-17-23-22-13(2)25(17)11-14;/h14-16H,3-12H2,1-2H3,(H2,19,20,21);1H. The average Bonchev–Trinajstić information content (AvgIpc) is 3.26. The Morgan fingerprint density at radius 3 is 2.81 bits per heavy atom. The third kappa shape index (κ3) is 4.68. The Labute approximate surface area is 173 Å². The fourth-order valence-electron chi connectivity index (χ4n) is 4.09. The quantitative estimate of drug-likeness (QED) is 0.386. The van der Waals surface area contributed by atoms with E-state index in [0.717, 1.165) is 56.1 Å². The number of guanidine groups is 1. The Morgan fingerprint density at radius 1 is 1.19 bits per heavy atom. The zero-order valence-corrected chi connectivity index (χ0v) is 18.3. The summed E-state index contributed by atoms with van der Waals surface area (Å²) in [5.41, 5.74) is 0. The number of nitrogens with zero attached hydrogens (tertiary/aromatic N) is 5. The van der Waals surface area contributed by atoms with Gasteiger partial charge in [0.2, 0.25) is 0 Å². The molecule has 0 aromatic carbocycles. The number of aryl methyl sites for hydroxylation is 2. The second kappa shape index (κ2) is 8.86. The molecule has 1 aromatic heterocycles. The lowest BCUT2D eigenvalue weighted by molar-refractivity contribution is 0.321. The number of nitrogens with one attached hydrogen (secondary N) is 2. The molecule has 0 spiro atoms. The van der Waals surface area contributed by atoms with Crippen LogP contribution in [-0.2, 0) is 13.0 Å². The van der Waals surface area contributed by atoms with Gasteiger partial charge in [-0.05, 0) is 45.4 Å². The summed E-state index contributed by atoms with van der Waals surface area (Å²) < 4.78 is 2.26. The summed E-state index contributed by atoms with van der Waals surface area (Å²) in [5, 5.41) is 15.5. The van der Waals surface area contributed by atoms with Crippen LogP contribution in [0.15, 0.2) is 4.99 Å². The molecule has 1 saturated heterocycles. The molecule has 2 atom stereocenters. The lowest BCUT2D eigenvalue weighted by Gasteiger charge is -2.23. The van der Waals surface area contributed by atoms with Crippen molar-refractivity contribution < 1.29 is 0 Å². The summed E-state index contributed by atoms with van der Waals surface area (Å²) in [6.07, 6.45) is 6.19. The van der Waals surface area contributed by atoms with Gasteiger partial charge in [0.05, 0.1) is 0 Å². The SMILES string of the molecule is CCNC(=NCC1CCc2nnc(C)n2C1)NC1CCN(C2CC2)C1.I. The van der Waals surface area contributed by atoms with Crippen LogP contribution in [0.5, 0.6) is 0 Å². The normalized spacial score (nSPS) is 26.3. The van der Waals surface area contributed by atoms with Crippen LogP contribution in [0.25, 0.3) is 0 Å². The summed E-state index contributed by atoms with van der Waals surface area (Å²) in [5.74, 6) is 3.72. The molecule has 3 heterocycles. The second-order valence-corrected chi connectivity index (χ2v) is 7.75. The van der Waals surface area contributed by atoms with Gasteiger partial charge in [0, 0.05) is 51.2 Å². The van der Waals surface area contributed by atoms with Crippen LogP contribution in [-0.4, -0.2) is 63.9 Å². The van der Waals surface area contributed by atoms with Gasteiger partial charge in [-0.3, -0.25) is 9.89 Å². The smallest absolute Gasteiger partial charge is 0.191 e. The first-order chi connectivity index (χ1) is 12.2. The zero-order chi connectivity index (χ0) is 17.2. The molecule has 0 amide bonds. The lowest BCUT2D eigenvalue weighted by Crippen LogP contribution is -2.45. The number of fused-ring (bicyclic) bond motifs is 1. The third-order valence-electron chi connectivity index (χ3n) is 5.70. The van der Waals surface area contributed by atoms with Gasteiger partial charge in [-0.15, -0.1) is 34.2 Å². The van der Waals surface area contributed by atoms with Crippen LogP contribution < -0.4 is 10.6 Å². The van der Waals surface area contributed by atoms with Crippen molar-refractivity contribution in [2.45, 2.75) is 64.6 Å². The van der Waals surface area contributed by atoms with Crippen LogP contribution in [0.2, 0.25) is 0 Å². The minimum atomic E-state index is 0. The zero-order valence-electron chi connectivity index (χ0n) is 15.9. The molecule has 2 fully saturated rings. The Morgan fingerprint density at radius 2 is 2.04 bits per heavy atom. The van der Waals surface area contributed by atoms with Gasteiger partial charge < -0.3 is 15.2 Å². The minimum Gasteiger partial charge on any atom is -0.357 e. The third-order valence-corrected chi connectivity index (χ3v) is 5.70. The first kappa shape index (κ1) is 19.9. The number of rotatable bonds is 5. The largest absolute Gasteiger partial charge is 0.357 e. The highest BCUT2D eigenvalue weighted by Crippen LogP contribution is 2.29. The Bertz CT molecular complexity index is 625. The monoisotopic (exact) mass is 473 g/mol. The van der Waals surface area contributed by atoms with Crippen molar-refractivity contribution in [2.75, 3.05) is 26.2 Å². The molecule has 1 aliphatic carbocycles. The number of hydrogen-bond acceptors (Lipinski definition) is 4. The van der Waals surface area contributed by atoms with E-state index in [9.17, 15) is 0 Å². The maximum Gasteiger partial charge on any atom is 0.191 e. The molecule has 2 aliphatic heterocycles. The Kier molecular flexibility index (Phi) is 6.76. The highest BCUT2D eigenvalue weighted by Gasteiger charge is 2.34. The molecule has 0 bridgehead atoms. The van der Waals surface area contributed by atoms with Crippen molar-refractivity contribution in [3.05, 3.63) is 11.6 Å². The van der Waals surface area contributed by atoms with E-state index in [0.29, 0.717) is 12.0 Å². The van der Waals surface area contributed by atoms with Gasteiger partial charge in [0.15, 0.2) is 5.96 Å². The van der Waals surface area contributed by atoms with Crippen LogP contribution >= 0.6 is 24.0 Å². The van der Waals surface area contributed by atoms with E-state index in [-0.39, 0.29) is 24.0 Å². The van der Waals surface area contributed by atoms with Crippen LogP contribution in [0, 0.1) is 12.8 Å². The minimum absolute atomic E-state index is 0. The molecule has 4 rings (SSSR count). The highest BCUT2D eigenvalue weighted by atomic mass is 127. The summed E-state index contributed by atoms with van der Waals surface area (Å²) in [6.45, 7) is 9.35. The van der Waals surface area contributed by atoms with Crippen LogP contribution in [0.4, 0.5) is 0 Å². The van der Waals surface area contributed by atoms with E-state index in [4.69, 9.17) is 4.99 Å². The van der Waals surface area contributed by atoms with Crippen LogP contribution in [0.1, 0.15) is 44.3 Å². The molecule has 2 N–H and O–H groups in total. The Balaban J connectivity index is 0.00000196. The highest BCUT2D eigenvalue weighted by molar-refractivity contribution is 14.0. The maximum absolute atomic E-state index is 4.89. The molecule has 1 saturated carbocycles. The van der Waals surface area contributed by atoms with Crippen molar-refractivity contribution in [1.82, 2.24) is 30.3 Å². The Hall–Kier alpha value is -0.900. The molecule has 26 heavy (non-hydrogen) atoms. The fraction of sp³-hybridized carbons (Fsp3) is 0.833. The van der Waals surface area contributed by atoms with Gasteiger partial charge in [0.1, 0.15) is 11.6 Å². The number of halogens is 1. The molecule has 3 aliphatic rings. The van der Waals surface area contributed by atoms with E-state index in [2.05, 4.69) is 37.2 Å². The first-order valence-corrected chi connectivity index (χ1v) is 9.90. The van der Waals surface area contributed by atoms with E-state index >= 15 is 0 Å². The van der Waals surface area contributed by atoms with Crippen molar-refractivity contribution >= 4 is 29.9 Å².